The minimum Gasteiger partial charge on any atom is -0.497 e. The molecule has 2 heterocycles. The molecule has 0 atom stereocenters. The first-order chi connectivity index (χ1) is 12.7. The quantitative estimate of drug-likeness (QED) is 0.604. The van der Waals surface area contributed by atoms with Gasteiger partial charge in [0, 0.05) is 15.8 Å². The Morgan fingerprint density at radius 2 is 1.88 bits per heavy atom. The van der Waals surface area contributed by atoms with Gasteiger partial charge in [-0.05, 0) is 42.0 Å². The van der Waals surface area contributed by atoms with Crippen molar-refractivity contribution in [2.45, 2.75) is 10.9 Å². The van der Waals surface area contributed by atoms with Crippen LogP contribution in [0.15, 0.2) is 46.0 Å². The molecule has 0 radical (unpaired) electrons. The minimum atomic E-state index is 0.577. The van der Waals surface area contributed by atoms with Gasteiger partial charge in [0.05, 0.1) is 7.11 Å². The zero-order chi connectivity index (χ0) is 17.9. The van der Waals surface area contributed by atoms with Crippen LogP contribution in [-0.2, 0) is 5.75 Å². The van der Waals surface area contributed by atoms with E-state index in [-0.39, 0.29) is 0 Å². The van der Waals surface area contributed by atoms with Crippen molar-refractivity contribution in [3.8, 4) is 28.6 Å². The molecule has 2 aromatic carbocycles. The van der Waals surface area contributed by atoms with Crippen LogP contribution in [0.25, 0.3) is 11.4 Å². The predicted molar refractivity (Wildman–Crippen MR) is 103 cm³/mol. The molecule has 0 fully saturated rings. The number of hydrogen-bond acceptors (Lipinski definition) is 6. The summed E-state index contributed by atoms with van der Waals surface area (Å²) in [5, 5.41) is 7.97. The number of thioether (sulfide) groups is 1. The maximum atomic E-state index is 5.65. The number of hydrogen-bond donors (Lipinski definition) is 1. The van der Waals surface area contributed by atoms with Crippen molar-refractivity contribution in [3.63, 3.8) is 0 Å². The Labute approximate surface area is 163 Å². The fraction of sp³-hybridized carbons (Fsp3) is 0.222. The lowest BCUT2D eigenvalue weighted by Gasteiger charge is -2.19. The molecule has 134 valence electrons. The minimum absolute atomic E-state index is 0.577. The number of fused-ring (bicyclic) bond motifs is 1. The smallest absolute Gasteiger partial charge is 0.209 e. The van der Waals surface area contributed by atoms with Gasteiger partial charge < -0.3 is 14.2 Å². The summed E-state index contributed by atoms with van der Waals surface area (Å²) in [5.74, 6) is 3.82. The molecule has 1 aliphatic heterocycles. The summed E-state index contributed by atoms with van der Waals surface area (Å²) in [5.41, 5.74) is 2.07. The predicted octanol–water partition coefficient (Wildman–Crippen LogP) is 4.31. The molecule has 0 unspecified atom stereocenters. The Morgan fingerprint density at radius 1 is 1.15 bits per heavy atom. The van der Waals surface area contributed by atoms with Crippen LogP contribution >= 0.6 is 27.7 Å². The second-order valence-corrected chi connectivity index (χ2v) is 7.37. The second-order valence-electron chi connectivity index (χ2n) is 5.57. The molecule has 4 rings (SSSR count). The number of rotatable bonds is 5. The summed E-state index contributed by atoms with van der Waals surface area (Å²) in [6, 6.07) is 11.7. The number of H-pyrrole nitrogens is 1. The highest BCUT2D eigenvalue weighted by Crippen LogP contribution is 2.37. The van der Waals surface area contributed by atoms with Gasteiger partial charge in [-0.2, -0.15) is 0 Å². The van der Waals surface area contributed by atoms with Gasteiger partial charge in [0.2, 0.25) is 5.16 Å². The third-order valence-corrected chi connectivity index (χ3v) is 5.53. The molecule has 8 heteroatoms. The molecular weight excluding hydrogens is 418 g/mol. The Kier molecular flexibility index (Phi) is 5.03. The van der Waals surface area contributed by atoms with E-state index in [0.29, 0.717) is 18.4 Å². The van der Waals surface area contributed by atoms with Crippen molar-refractivity contribution < 1.29 is 14.2 Å². The average Bonchev–Trinajstić information content (AvgIpc) is 3.15. The fourth-order valence-corrected chi connectivity index (χ4v) is 3.99. The topological polar surface area (TPSA) is 69.3 Å². The van der Waals surface area contributed by atoms with E-state index in [1.165, 1.54) is 0 Å². The van der Waals surface area contributed by atoms with Crippen molar-refractivity contribution in [2.75, 3.05) is 20.3 Å². The molecule has 1 N–H and O–H groups in total. The first-order valence-corrected chi connectivity index (χ1v) is 9.78. The molecule has 0 saturated heterocycles. The van der Waals surface area contributed by atoms with Gasteiger partial charge in [-0.25, -0.2) is 4.98 Å². The fourth-order valence-electron chi connectivity index (χ4n) is 2.55. The van der Waals surface area contributed by atoms with Crippen molar-refractivity contribution >= 4 is 27.7 Å². The van der Waals surface area contributed by atoms with E-state index in [0.717, 1.165) is 44.4 Å². The van der Waals surface area contributed by atoms with Crippen LogP contribution < -0.4 is 14.2 Å². The summed E-state index contributed by atoms with van der Waals surface area (Å²) >= 11 is 5.15. The van der Waals surface area contributed by atoms with Gasteiger partial charge in [0.25, 0.3) is 0 Å². The SMILES string of the molecule is COc1ccc(-c2nc(SCc3cc4c(cc3Br)OCCO4)n[nH]2)cc1. The molecule has 1 aliphatic rings. The highest BCUT2D eigenvalue weighted by molar-refractivity contribution is 9.10. The van der Waals surface area contributed by atoms with Gasteiger partial charge in [0.1, 0.15) is 19.0 Å². The Bertz CT molecular complexity index is 915. The Hall–Kier alpha value is -2.19. The third kappa shape index (κ3) is 3.66. The lowest BCUT2D eigenvalue weighted by molar-refractivity contribution is 0.171. The maximum absolute atomic E-state index is 5.65. The van der Waals surface area contributed by atoms with Gasteiger partial charge in [-0.3, -0.25) is 5.10 Å². The largest absolute Gasteiger partial charge is 0.497 e. The monoisotopic (exact) mass is 433 g/mol. The number of halogens is 1. The van der Waals surface area contributed by atoms with E-state index in [1.54, 1.807) is 18.9 Å². The number of nitrogens with zero attached hydrogens (tertiary/aromatic N) is 2. The normalized spacial score (nSPS) is 12.8. The van der Waals surface area contributed by atoms with Crippen LogP contribution in [0.5, 0.6) is 17.2 Å². The van der Waals surface area contributed by atoms with E-state index in [2.05, 4.69) is 31.1 Å². The molecule has 26 heavy (non-hydrogen) atoms. The zero-order valence-electron chi connectivity index (χ0n) is 14.0. The molecule has 0 spiro atoms. The van der Waals surface area contributed by atoms with Crippen LogP contribution in [0.3, 0.4) is 0 Å². The van der Waals surface area contributed by atoms with Crippen molar-refractivity contribution in [1.82, 2.24) is 15.2 Å². The zero-order valence-corrected chi connectivity index (χ0v) is 16.4. The summed E-state index contributed by atoms with van der Waals surface area (Å²) in [4.78, 5) is 4.55. The van der Waals surface area contributed by atoms with Crippen molar-refractivity contribution in [2.24, 2.45) is 0 Å². The molecule has 0 aliphatic carbocycles. The molecule has 6 nitrogen and oxygen atoms in total. The highest BCUT2D eigenvalue weighted by atomic mass is 79.9. The van der Waals surface area contributed by atoms with E-state index < -0.39 is 0 Å². The van der Waals surface area contributed by atoms with Crippen molar-refractivity contribution in [3.05, 3.63) is 46.4 Å². The van der Waals surface area contributed by atoms with E-state index in [1.807, 2.05) is 36.4 Å². The summed E-state index contributed by atoms with van der Waals surface area (Å²) in [6.07, 6.45) is 0. The van der Waals surface area contributed by atoms with E-state index >= 15 is 0 Å². The third-order valence-electron chi connectivity index (χ3n) is 3.90. The van der Waals surface area contributed by atoms with Crippen LogP contribution in [0.2, 0.25) is 0 Å². The van der Waals surface area contributed by atoms with Gasteiger partial charge in [-0.15, -0.1) is 5.10 Å². The highest BCUT2D eigenvalue weighted by Gasteiger charge is 2.15. The molecule has 0 saturated carbocycles. The summed E-state index contributed by atoms with van der Waals surface area (Å²) in [6.45, 7) is 1.16. The van der Waals surface area contributed by atoms with Gasteiger partial charge >= 0.3 is 0 Å². The van der Waals surface area contributed by atoms with Gasteiger partial charge in [0.15, 0.2) is 17.3 Å². The number of methoxy groups -OCH3 is 1. The lowest BCUT2D eigenvalue weighted by atomic mass is 10.2. The number of benzene rings is 2. The number of aromatic amines is 1. The first-order valence-electron chi connectivity index (χ1n) is 8.00. The van der Waals surface area contributed by atoms with Gasteiger partial charge in [-0.1, -0.05) is 27.7 Å². The number of ether oxygens (including phenoxy) is 3. The maximum Gasteiger partial charge on any atom is 0.209 e. The average molecular weight is 434 g/mol. The Morgan fingerprint density at radius 3 is 2.62 bits per heavy atom. The van der Waals surface area contributed by atoms with Crippen LogP contribution in [0, 0.1) is 0 Å². The Balaban J connectivity index is 1.46. The first kappa shape index (κ1) is 17.2. The molecule has 3 aromatic rings. The van der Waals surface area contributed by atoms with E-state index in [9.17, 15) is 0 Å². The molecule has 0 amide bonds. The van der Waals surface area contributed by atoms with Crippen LogP contribution in [-0.4, -0.2) is 35.5 Å². The summed E-state index contributed by atoms with van der Waals surface area (Å²) in [7, 11) is 1.65. The van der Waals surface area contributed by atoms with E-state index in [4.69, 9.17) is 14.2 Å². The van der Waals surface area contributed by atoms with Crippen LogP contribution in [0.1, 0.15) is 5.56 Å². The molecular formula is C18H16BrN3O3S. The number of aromatic nitrogens is 3. The molecule has 0 bridgehead atoms. The second kappa shape index (κ2) is 7.59. The summed E-state index contributed by atoms with van der Waals surface area (Å²) < 4.78 is 17.4. The lowest BCUT2D eigenvalue weighted by Crippen LogP contribution is -2.15. The van der Waals surface area contributed by atoms with Crippen molar-refractivity contribution in [1.29, 1.82) is 0 Å². The van der Waals surface area contributed by atoms with Crippen LogP contribution in [0.4, 0.5) is 0 Å². The standard InChI is InChI=1S/C18H16BrN3O3S/c1-23-13-4-2-11(3-5-13)17-20-18(22-21-17)26-10-12-8-15-16(9-14(12)19)25-7-6-24-15/h2-5,8-9H,6-7,10H2,1H3,(H,20,21,22). The number of nitrogens with one attached hydrogen (secondary N) is 1. The molecule has 1 aromatic heterocycles.